The van der Waals surface area contributed by atoms with Crippen molar-refractivity contribution in [2.45, 2.75) is 32.4 Å². The van der Waals surface area contributed by atoms with Gasteiger partial charge in [0.1, 0.15) is 9.84 Å². The van der Waals surface area contributed by atoms with Crippen LogP contribution in [0, 0.1) is 0 Å². The summed E-state index contributed by atoms with van der Waals surface area (Å²) >= 11 is 0. The lowest BCUT2D eigenvalue weighted by molar-refractivity contribution is 0.213. The highest BCUT2D eigenvalue weighted by Gasteiger charge is 2.11. The molecule has 0 bridgehead atoms. The number of hydrogen-bond acceptors (Lipinski definition) is 5. The standard InChI is InChI=1S/C11H26N2O3S/c1-10(2)12-11(9-14)5-6-13(3)7-8-17(4,15)16/h10-12,14H,5-9H2,1-4H3. The minimum atomic E-state index is -2.89. The maximum atomic E-state index is 11.0. The number of sulfone groups is 1. The van der Waals surface area contributed by atoms with Crippen LogP contribution in [0.1, 0.15) is 20.3 Å². The van der Waals surface area contributed by atoms with Crippen molar-refractivity contribution in [1.29, 1.82) is 0 Å². The van der Waals surface area contributed by atoms with Crippen LogP contribution < -0.4 is 5.32 Å². The molecule has 0 spiro atoms. The summed E-state index contributed by atoms with van der Waals surface area (Å²) in [5, 5.41) is 12.4. The number of nitrogens with one attached hydrogen (secondary N) is 1. The third-order valence-corrected chi connectivity index (χ3v) is 3.42. The van der Waals surface area contributed by atoms with E-state index in [2.05, 4.69) is 5.32 Å². The molecule has 17 heavy (non-hydrogen) atoms. The van der Waals surface area contributed by atoms with Gasteiger partial charge >= 0.3 is 0 Å². The van der Waals surface area contributed by atoms with Gasteiger partial charge in [0.05, 0.1) is 12.4 Å². The summed E-state index contributed by atoms with van der Waals surface area (Å²) in [6.45, 7) is 5.50. The first-order valence-corrected chi connectivity index (χ1v) is 8.04. The maximum Gasteiger partial charge on any atom is 0.148 e. The molecule has 6 heteroatoms. The second kappa shape index (κ2) is 8.02. The molecule has 104 valence electrons. The van der Waals surface area contributed by atoms with Crippen molar-refractivity contribution in [3.8, 4) is 0 Å². The Morgan fingerprint density at radius 2 is 1.88 bits per heavy atom. The highest BCUT2D eigenvalue weighted by atomic mass is 32.2. The van der Waals surface area contributed by atoms with Gasteiger partial charge < -0.3 is 15.3 Å². The molecule has 0 fully saturated rings. The zero-order valence-corrected chi connectivity index (χ0v) is 12.1. The second-order valence-corrected chi connectivity index (χ2v) is 7.18. The van der Waals surface area contributed by atoms with E-state index in [9.17, 15) is 13.5 Å². The Bertz CT molecular complexity index is 291. The van der Waals surface area contributed by atoms with Crippen molar-refractivity contribution < 1.29 is 13.5 Å². The Hall–Kier alpha value is -0.170. The summed E-state index contributed by atoms with van der Waals surface area (Å²) in [6.07, 6.45) is 2.06. The zero-order chi connectivity index (χ0) is 13.5. The van der Waals surface area contributed by atoms with Gasteiger partial charge in [0, 0.05) is 24.9 Å². The SMILES string of the molecule is CC(C)NC(CO)CCN(C)CCS(C)(=O)=O. The summed E-state index contributed by atoms with van der Waals surface area (Å²) in [5.41, 5.74) is 0. The lowest BCUT2D eigenvalue weighted by Gasteiger charge is -2.22. The Labute approximate surface area is 105 Å². The molecule has 5 nitrogen and oxygen atoms in total. The molecule has 0 saturated heterocycles. The van der Waals surface area contributed by atoms with Crippen molar-refractivity contribution >= 4 is 9.84 Å². The van der Waals surface area contributed by atoms with Crippen LogP contribution in [0.15, 0.2) is 0 Å². The summed E-state index contributed by atoms with van der Waals surface area (Å²) in [6, 6.07) is 0.421. The molecule has 0 heterocycles. The molecule has 1 atom stereocenters. The molecule has 0 radical (unpaired) electrons. The molecule has 0 aromatic carbocycles. The largest absolute Gasteiger partial charge is 0.395 e. The van der Waals surface area contributed by atoms with Crippen LogP contribution >= 0.6 is 0 Å². The fourth-order valence-corrected chi connectivity index (χ4v) is 2.15. The van der Waals surface area contributed by atoms with Gasteiger partial charge in [-0.25, -0.2) is 8.42 Å². The Balaban J connectivity index is 3.84. The van der Waals surface area contributed by atoms with Gasteiger partial charge in [-0.1, -0.05) is 13.8 Å². The first-order valence-electron chi connectivity index (χ1n) is 5.97. The molecule has 1 unspecified atom stereocenters. The van der Waals surface area contributed by atoms with E-state index in [1.165, 1.54) is 6.26 Å². The van der Waals surface area contributed by atoms with E-state index >= 15 is 0 Å². The van der Waals surface area contributed by atoms with Crippen LogP contribution in [0.3, 0.4) is 0 Å². The lowest BCUT2D eigenvalue weighted by Crippen LogP contribution is -2.40. The van der Waals surface area contributed by atoms with Gasteiger partial charge in [0.25, 0.3) is 0 Å². The molecular weight excluding hydrogens is 240 g/mol. The molecule has 0 aromatic rings. The van der Waals surface area contributed by atoms with E-state index in [1.807, 2.05) is 25.8 Å². The van der Waals surface area contributed by atoms with Crippen LogP contribution in [0.5, 0.6) is 0 Å². The number of hydrogen-bond donors (Lipinski definition) is 2. The van der Waals surface area contributed by atoms with Crippen molar-refractivity contribution in [2.24, 2.45) is 0 Å². The highest BCUT2D eigenvalue weighted by molar-refractivity contribution is 7.90. The zero-order valence-electron chi connectivity index (χ0n) is 11.3. The fourth-order valence-electron chi connectivity index (χ4n) is 1.51. The molecule has 0 amide bonds. The predicted molar refractivity (Wildman–Crippen MR) is 71.0 cm³/mol. The monoisotopic (exact) mass is 266 g/mol. The number of aliphatic hydroxyl groups excluding tert-OH is 1. The van der Waals surface area contributed by atoms with Gasteiger partial charge in [0.15, 0.2) is 0 Å². The third-order valence-electron chi connectivity index (χ3n) is 2.49. The molecule has 0 aliphatic heterocycles. The van der Waals surface area contributed by atoms with E-state index in [-0.39, 0.29) is 18.4 Å². The van der Waals surface area contributed by atoms with E-state index in [0.29, 0.717) is 12.6 Å². The smallest absolute Gasteiger partial charge is 0.148 e. The summed E-state index contributed by atoms with van der Waals surface area (Å²) < 4.78 is 22.0. The summed E-state index contributed by atoms with van der Waals surface area (Å²) in [4.78, 5) is 1.98. The normalized spacial score (nSPS) is 14.5. The average Bonchev–Trinajstić information content (AvgIpc) is 2.19. The Morgan fingerprint density at radius 1 is 1.29 bits per heavy atom. The second-order valence-electron chi connectivity index (χ2n) is 4.92. The topological polar surface area (TPSA) is 69.6 Å². The van der Waals surface area contributed by atoms with E-state index in [4.69, 9.17) is 0 Å². The number of nitrogens with zero attached hydrogens (tertiary/aromatic N) is 1. The molecule has 0 rings (SSSR count). The van der Waals surface area contributed by atoms with Gasteiger partial charge in [-0.15, -0.1) is 0 Å². The van der Waals surface area contributed by atoms with Gasteiger partial charge in [-0.3, -0.25) is 0 Å². The van der Waals surface area contributed by atoms with Crippen molar-refractivity contribution in [1.82, 2.24) is 10.2 Å². The van der Waals surface area contributed by atoms with Crippen molar-refractivity contribution in [3.63, 3.8) is 0 Å². The minimum absolute atomic E-state index is 0.0793. The molecule has 0 aliphatic carbocycles. The Kier molecular flexibility index (Phi) is 7.94. The first kappa shape index (κ1) is 16.8. The lowest BCUT2D eigenvalue weighted by atomic mass is 10.2. The number of aliphatic hydroxyl groups is 1. The van der Waals surface area contributed by atoms with Crippen molar-refractivity contribution in [2.75, 3.05) is 38.8 Å². The van der Waals surface area contributed by atoms with Gasteiger partial charge in [0.2, 0.25) is 0 Å². The average molecular weight is 266 g/mol. The molecule has 2 N–H and O–H groups in total. The molecule has 0 aliphatic rings. The van der Waals surface area contributed by atoms with Crippen molar-refractivity contribution in [3.05, 3.63) is 0 Å². The van der Waals surface area contributed by atoms with Crippen LogP contribution in [0.25, 0.3) is 0 Å². The molecule has 0 aromatic heterocycles. The van der Waals surface area contributed by atoms with Gasteiger partial charge in [-0.05, 0) is 20.0 Å². The summed E-state index contributed by atoms with van der Waals surface area (Å²) in [5.74, 6) is 0.185. The fraction of sp³-hybridized carbons (Fsp3) is 1.00. The van der Waals surface area contributed by atoms with Crippen LogP contribution in [0.2, 0.25) is 0 Å². The van der Waals surface area contributed by atoms with E-state index in [1.54, 1.807) is 0 Å². The van der Waals surface area contributed by atoms with Crippen LogP contribution in [-0.4, -0.2) is 69.3 Å². The predicted octanol–water partition coefficient (Wildman–Crippen LogP) is -0.288. The third kappa shape index (κ3) is 10.7. The maximum absolute atomic E-state index is 11.0. The first-order chi connectivity index (χ1) is 7.74. The highest BCUT2D eigenvalue weighted by Crippen LogP contribution is 1.97. The molecular formula is C11H26N2O3S. The summed E-state index contributed by atoms with van der Waals surface area (Å²) in [7, 11) is -0.991. The number of rotatable bonds is 9. The van der Waals surface area contributed by atoms with E-state index in [0.717, 1.165) is 13.0 Å². The van der Waals surface area contributed by atoms with Crippen LogP contribution in [0.4, 0.5) is 0 Å². The Morgan fingerprint density at radius 3 is 2.29 bits per heavy atom. The van der Waals surface area contributed by atoms with E-state index < -0.39 is 9.84 Å². The van der Waals surface area contributed by atoms with Crippen LogP contribution in [-0.2, 0) is 9.84 Å². The molecule has 0 saturated carbocycles. The quantitative estimate of drug-likeness (QED) is 0.600. The van der Waals surface area contributed by atoms with Gasteiger partial charge in [-0.2, -0.15) is 0 Å². The minimum Gasteiger partial charge on any atom is -0.395 e.